The monoisotopic (exact) mass is 474 g/mol. The van der Waals surface area contributed by atoms with Crippen molar-refractivity contribution in [3.8, 4) is 22.6 Å². The predicted molar refractivity (Wildman–Crippen MR) is 127 cm³/mol. The molecular weight excluding hydrogens is 460 g/mol. The molecule has 0 radical (unpaired) electrons. The lowest BCUT2D eigenvalue weighted by molar-refractivity contribution is 0.0735. The van der Waals surface area contributed by atoms with E-state index in [9.17, 15) is 14.4 Å². The smallest absolute Gasteiger partial charge is 0.344 e. The van der Waals surface area contributed by atoms with Gasteiger partial charge in [0.1, 0.15) is 22.7 Å². The Labute approximate surface area is 196 Å². The third-order valence-corrected chi connectivity index (χ3v) is 5.47. The molecule has 5 rings (SSSR count). The van der Waals surface area contributed by atoms with Crippen LogP contribution in [0.2, 0.25) is 5.02 Å². The van der Waals surface area contributed by atoms with E-state index in [0.29, 0.717) is 38.3 Å². The number of carbonyl (C=O) groups is 1. The molecule has 34 heavy (non-hydrogen) atoms. The van der Waals surface area contributed by atoms with Crippen LogP contribution in [0, 0.1) is 0 Å². The maximum Gasteiger partial charge on any atom is 0.344 e. The Kier molecular flexibility index (Phi) is 5.39. The molecule has 0 atom stereocenters. The highest BCUT2D eigenvalue weighted by Gasteiger charge is 2.16. The maximum atomic E-state index is 12.7. The molecule has 2 aromatic heterocycles. The molecule has 168 valence electrons. The van der Waals surface area contributed by atoms with Gasteiger partial charge in [0.25, 0.3) is 0 Å². The molecule has 0 aliphatic carbocycles. The lowest BCUT2D eigenvalue weighted by Crippen LogP contribution is -2.09. The maximum absolute atomic E-state index is 12.7. The van der Waals surface area contributed by atoms with E-state index in [1.807, 2.05) is 0 Å². The minimum atomic E-state index is -0.674. The summed E-state index contributed by atoms with van der Waals surface area (Å²) in [7, 11) is 1.53. The van der Waals surface area contributed by atoms with E-state index in [-0.39, 0.29) is 16.9 Å². The van der Waals surface area contributed by atoms with Crippen LogP contribution in [0.25, 0.3) is 33.1 Å². The molecule has 0 spiro atoms. The van der Waals surface area contributed by atoms with Crippen molar-refractivity contribution < 1.29 is 23.1 Å². The van der Waals surface area contributed by atoms with Gasteiger partial charge >= 0.3 is 17.2 Å². The zero-order valence-electron chi connectivity index (χ0n) is 17.7. The number of halogens is 1. The molecule has 0 fully saturated rings. The molecule has 0 aliphatic heterocycles. The lowest BCUT2D eigenvalue weighted by atomic mass is 10.0. The fourth-order valence-corrected chi connectivity index (χ4v) is 3.79. The van der Waals surface area contributed by atoms with Crippen LogP contribution in [0.1, 0.15) is 10.4 Å². The van der Waals surface area contributed by atoms with E-state index < -0.39 is 17.2 Å². The zero-order valence-corrected chi connectivity index (χ0v) is 18.4. The molecule has 0 amide bonds. The molecule has 2 heterocycles. The number of ether oxygens (including phenoxy) is 2. The summed E-state index contributed by atoms with van der Waals surface area (Å²) in [6.45, 7) is 0. The van der Waals surface area contributed by atoms with Gasteiger partial charge in [-0.05, 0) is 60.7 Å². The Bertz CT molecular complexity index is 1680. The number of hydrogen-bond acceptors (Lipinski definition) is 7. The molecule has 0 bridgehead atoms. The Morgan fingerprint density at radius 1 is 0.794 bits per heavy atom. The van der Waals surface area contributed by atoms with Gasteiger partial charge in [0, 0.05) is 33.5 Å². The second-order valence-electron chi connectivity index (χ2n) is 7.38. The van der Waals surface area contributed by atoms with Crippen LogP contribution < -0.4 is 20.7 Å². The van der Waals surface area contributed by atoms with Gasteiger partial charge in [-0.1, -0.05) is 11.6 Å². The van der Waals surface area contributed by atoms with Gasteiger partial charge in [-0.3, -0.25) is 0 Å². The van der Waals surface area contributed by atoms with Crippen molar-refractivity contribution in [3.63, 3.8) is 0 Å². The standard InChI is InChI=1S/C26H15ClO7/c1-31-17-5-2-14(3-6-17)25(29)32-18-7-8-19-20(13-24(28)33-23(19)12-18)21-11-15-10-16(27)4-9-22(15)34-26(21)30/h2-13H,1H3. The van der Waals surface area contributed by atoms with E-state index in [4.69, 9.17) is 29.9 Å². The van der Waals surface area contributed by atoms with Crippen LogP contribution in [-0.2, 0) is 0 Å². The van der Waals surface area contributed by atoms with Crippen molar-refractivity contribution in [2.24, 2.45) is 0 Å². The SMILES string of the molecule is COc1ccc(C(=O)Oc2ccc3c(-c4cc5cc(Cl)ccc5oc4=O)cc(=O)oc3c2)cc1. The van der Waals surface area contributed by atoms with Crippen LogP contribution in [0.3, 0.4) is 0 Å². The molecule has 0 N–H and O–H groups in total. The van der Waals surface area contributed by atoms with Crippen molar-refractivity contribution in [2.75, 3.05) is 7.11 Å². The van der Waals surface area contributed by atoms with Crippen molar-refractivity contribution in [2.45, 2.75) is 0 Å². The first kappa shape index (κ1) is 21.5. The first-order valence-electron chi connectivity index (χ1n) is 10.1. The van der Waals surface area contributed by atoms with Crippen molar-refractivity contribution in [1.82, 2.24) is 0 Å². The van der Waals surface area contributed by atoms with E-state index >= 15 is 0 Å². The minimum Gasteiger partial charge on any atom is -0.497 e. The van der Waals surface area contributed by atoms with Gasteiger partial charge in [0.15, 0.2) is 0 Å². The lowest BCUT2D eigenvalue weighted by Gasteiger charge is -2.09. The summed E-state index contributed by atoms with van der Waals surface area (Å²) in [5.41, 5.74) is 0.0591. The normalized spacial score (nSPS) is 11.0. The number of rotatable bonds is 4. The molecular formula is C26H15ClO7. The average Bonchev–Trinajstić information content (AvgIpc) is 2.83. The van der Waals surface area contributed by atoms with Gasteiger partial charge in [0.05, 0.1) is 18.2 Å². The Hall–Kier alpha value is -4.36. The quantitative estimate of drug-likeness (QED) is 0.194. The summed E-state index contributed by atoms with van der Waals surface area (Å²) in [5.74, 6) is 0.190. The van der Waals surface area contributed by atoms with Crippen LogP contribution >= 0.6 is 11.6 Å². The van der Waals surface area contributed by atoms with Gasteiger partial charge in [0.2, 0.25) is 0 Å². The molecule has 7 nitrogen and oxygen atoms in total. The zero-order chi connectivity index (χ0) is 23.8. The first-order valence-corrected chi connectivity index (χ1v) is 10.5. The summed E-state index contributed by atoms with van der Waals surface area (Å²) < 4.78 is 21.2. The van der Waals surface area contributed by atoms with E-state index in [0.717, 1.165) is 0 Å². The Balaban J connectivity index is 1.56. The van der Waals surface area contributed by atoms with Crippen LogP contribution in [0.4, 0.5) is 0 Å². The van der Waals surface area contributed by atoms with Crippen LogP contribution in [0.5, 0.6) is 11.5 Å². The summed E-state index contributed by atoms with van der Waals surface area (Å²) in [6, 6.07) is 18.7. The minimum absolute atomic E-state index is 0.146. The highest BCUT2D eigenvalue weighted by atomic mass is 35.5. The third-order valence-electron chi connectivity index (χ3n) is 5.24. The third kappa shape index (κ3) is 4.04. The molecule has 0 unspecified atom stereocenters. The fraction of sp³-hybridized carbons (Fsp3) is 0.0385. The van der Waals surface area contributed by atoms with Gasteiger partial charge in [-0.2, -0.15) is 0 Å². The highest BCUT2D eigenvalue weighted by molar-refractivity contribution is 6.31. The molecule has 0 saturated heterocycles. The number of methoxy groups -OCH3 is 1. The van der Waals surface area contributed by atoms with Crippen LogP contribution in [-0.4, -0.2) is 13.1 Å². The van der Waals surface area contributed by atoms with E-state index in [1.54, 1.807) is 60.7 Å². The highest BCUT2D eigenvalue weighted by Crippen LogP contribution is 2.30. The Morgan fingerprint density at radius 2 is 1.56 bits per heavy atom. The topological polar surface area (TPSA) is 96.0 Å². The molecule has 0 saturated carbocycles. The number of esters is 1. The second kappa shape index (κ2) is 8.53. The van der Waals surface area contributed by atoms with Crippen molar-refractivity contribution in [1.29, 1.82) is 0 Å². The van der Waals surface area contributed by atoms with Gasteiger partial charge < -0.3 is 18.3 Å². The van der Waals surface area contributed by atoms with Crippen LogP contribution in [0.15, 0.2) is 91.2 Å². The predicted octanol–water partition coefficient (Wildman–Crippen LogP) is 5.45. The van der Waals surface area contributed by atoms with Gasteiger partial charge in [-0.25, -0.2) is 14.4 Å². The molecule has 8 heteroatoms. The summed E-state index contributed by atoms with van der Waals surface area (Å²) >= 11 is 6.06. The molecule has 5 aromatic rings. The summed E-state index contributed by atoms with van der Waals surface area (Å²) in [5, 5.41) is 1.55. The first-order chi connectivity index (χ1) is 16.4. The van der Waals surface area contributed by atoms with E-state index in [2.05, 4.69) is 0 Å². The summed E-state index contributed by atoms with van der Waals surface area (Å²) in [6.07, 6.45) is 0. The molecule has 0 aliphatic rings. The van der Waals surface area contributed by atoms with E-state index in [1.165, 1.54) is 19.2 Å². The van der Waals surface area contributed by atoms with Gasteiger partial charge in [-0.15, -0.1) is 0 Å². The largest absolute Gasteiger partial charge is 0.497 e. The number of hydrogen-bond donors (Lipinski definition) is 0. The fourth-order valence-electron chi connectivity index (χ4n) is 3.60. The number of benzene rings is 3. The Morgan fingerprint density at radius 3 is 2.32 bits per heavy atom. The number of carbonyl (C=O) groups excluding carboxylic acids is 1. The summed E-state index contributed by atoms with van der Waals surface area (Å²) in [4.78, 5) is 37.4. The van der Waals surface area contributed by atoms with Crippen molar-refractivity contribution >= 4 is 39.5 Å². The second-order valence-corrected chi connectivity index (χ2v) is 7.82. The van der Waals surface area contributed by atoms with Crippen molar-refractivity contribution in [3.05, 3.63) is 104 Å². The number of fused-ring (bicyclic) bond motifs is 2. The molecule has 3 aromatic carbocycles. The average molecular weight is 475 g/mol.